The molecule has 1 fully saturated rings. The number of carbonyl (C=O) groups is 1. The number of aromatic nitrogens is 2. The molecule has 5 rings (SSSR count). The van der Waals surface area contributed by atoms with Gasteiger partial charge in [-0.3, -0.25) is 9.78 Å². The van der Waals surface area contributed by atoms with Gasteiger partial charge in [-0.2, -0.15) is 0 Å². The number of ether oxygens (including phenoxy) is 3. The highest BCUT2D eigenvalue weighted by molar-refractivity contribution is 6.06. The fourth-order valence-electron chi connectivity index (χ4n) is 4.15. The molecule has 2 aromatic heterocycles. The van der Waals surface area contributed by atoms with Gasteiger partial charge in [0.1, 0.15) is 18.0 Å². The van der Waals surface area contributed by atoms with Crippen LogP contribution in [0.4, 0.5) is 15.8 Å². The molecule has 2 aliphatic heterocycles. The summed E-state index contributed by atoms with van der Waals surface area (Å²) in [4.78, 5) is 20.4. The van der Waals surface area contributed by atoms with E-state index >= 15 is 0 Å². The Hall–Kier alpha value is -3.59. The van der Waals surface area contributed by atoms with E-state index in [4.69, 9.17) is 14.2 Å². The van der Waals surface area contributed by atoms with Crippen molar-refractivity contribution < 1.29 is 23.4 Å². The van der Waals surface area contributed by atoms with Crippen molar-refractivity contribution in [2.24, 2.45) is 0 Å². The van der Waals surface area contributed by atoms with E-state index in [2.05, 4.69) is 20.6 Å². The minimum Gasteiger partial charge on any atom is -0.492 e. The highest BCUT2D eigenvalue weighted by atomic mass is 19.1. The zero-order chi connectivity index (χ0) is 23.0. The number of nitrogens with one attached hydrogen (secondary N) is 3. The van der Waals surface area contributed by atoms with Gasteiger partial charge in [-0.1, -0.05) is 6.07 Å². The number of nitrogens with zero attached hydrogens (tertiary/aromatic N) is 1. The number of rotatable bonds is 7. The van der Waals surface area contributed by atoms with Crippen LogP contribution in [0.1, 0.15) is 29.4 Å². The van der Waals surface area contributed by atoms with Gasteiger partial charge >= 0.3 is 0 Å². The molecule has 1 aromatic carbocycles. The number of hydrogen-bond donors (Lipinski definition) is 3. The molecule has 0 bridgehead atoms. The quantitative estimate of drug-likeness (QED) is 0.504. The standard InChI is InChI=1S/C24H25FN4O4/c1-24(8-11-33-24)13-32-18-12-26-9-6-14(18)20-21(19-16(28-20)7-10-27-23(19)30)29-17-5-3-4-15(25)22(17)31-2/h3-6,9,12,28-29H,7-8,10-11,13H2,1-2H3,(H,27,30). The third-order valence-electron chi connectivity index (χ3n) is 6.06. The number of amides is 1. The Morgan fingerprint density at radius 2 is 2.18 bits per heavy atom. The third-order valence-corrected chi connectivity index (χ3v) is 6.06. The van der Waals surface area contributed by atoms with E-state index in [1.165, 1.54) is 13.2 Å². The fourth-order valence-corrected chi connectivity index (χ4v) is 4.15. The average molecular weight is 452 g/mol. The second kappa shape index (κ2) is 8.40. The van der Waals surface area contributed by atoms with Crippen LogP contribution in [0.25, 0.3) is 11.3 Å². The van der Waals surface area contributed by atoms with Crippen molar-refractivity contribution in [3.8, 4) is 22.8 Å². The number of halogens is 1. The molecular formula is C24H25FN4O4. The summed E-state index contributed by atoms with van der Waals surface area (Å²) in [5.74, 6) is -0.0820. The van der Waals surface area contributed by atoms with Crippen molar-refractivity contribution in [1.82, 2.24) is 15.3 Å². The van der Waals surface area contributed by atoms with Crippen LogP contribution in [-0.2, 0) is 11.2 Å². The molecule has 33 heavy (non-hydrogen) atoms. The predicted molar refractivity (Wildman–Crippen MR) is 121 cm³/mol. The number of H-pyrrole nitrogens is 1. The highest BCUT2D eigenvalue weighted by Gasteiger charge is 2.35. The lowest BCUT2D eigenvalue weighted by molar-refractivity contribution is -0.152. The van der Waals surface area contributed by atoms with Crippen LogP contribution in [0.5, 0.6) is 11.5 Å². The van der Waals surface area contributed by atoms with Crippen molar-refractivity contribution in [3.63, 3.8) is 0 Å². The molecule has 172 valence electrons. The summed E-state index contributed by atoms with van der Waals surface area (Å²) in [5, 5.41) is 6.11. The molecule has 9 heteroatoms. The molecule has 1 atom stereocenters. The number of para-hydroxylation sites is 1. The van der Waals surface area contributed by atoms with Crippen molar-refractivity contribution in [2.45, 2.75) is 25.4 Å². The summed E-state index contributed by atoms with van der Waals surface area (Å²) >= 11 is 0. The first-order chi connectivity index (χ1) is 16.0. The Balaban J connectivity index is 1.59. The summed E-state index contributed by atoms with van der Waals surface area (Å²) < 4.78 is 31.3. The molecule has 0 spiro atoms. The normalized spacial score (nSPS) is 19.3. The highest BCUT2D eigenvalue weighted by Crippen LogP contribution is 2.42. The summed E-state index contributed by atoms with van der Waals surface area (Å²) in [7, 11) is 1.40. The van der Waals surface area contributed by atoms with Gasteiger partial charge in [-0.25, -0.2) is 4.39 Å². The van der Waals surface area contributed by atoms with E-state index in [9.17, 15) is 9.18 Å². The average Bonchev–Trinajstić information content (AvgIpc) is 3.16. The Morgan fingerprint density at radius 1 is 1.33 bits per heavy atom. The summed E-state index contributed by atoms with van der Waals surface area (Å²) in [6.45, 7) is 3.65. The van der Waals surface area contributed by atoms with Crippen molar-refractivity contribution >= 4 is 17.3 Å². The van der Waals surface area contributed by atoms with Crippen molar-refractivity contribution in [2.75, 3.05) is 32.2 Å². The number of benzene rings is 1. The molecule has 1 unspecified atom stereocenters. The molecule has 3 aromatic rings. The molecule has 0 radical (unpaired) electrons. The van der Waals surface area contributed by atoms with Gasteiger partial charge in [0.05, 0.1) is 42.5 Å². The predicted octanol–water partition coefficient (Wildman–Crippen LogP) is 3.81. The number of methoxy groups -OCH3 is 1. The maximum absolute atomic E-state index is 14.3. The number of pyridine rings is 1. The number of aromatic amines is 1. The molecule has 0 saturated carbocycles. The summed E-state index contributed by atoms with van der Waals surface area (Å²) in [6, 6.07) is 6.43. The number of hydrogen-bond acceptors (Lipinski definition) is 6. The van der Waals surface area contributed by atoms with Gasteiger partial charge < -0.3 is 29.8 Å². The minimum absolute atomic E-state index is 0.0656. The van der Waals surface area contributed by atoms with Gasteiger partial charge in [-0.05, 0) is 25.1 Å². The van der Waals surface area contributed by atoms with Crippen LogP contribution in [0, 0.1) is 5.82 Å². The lowest BCUT2D eigenvalue weighted by Crippen LogP contribution is -2.45. The second-order valence-corrected chi connectivity index (χ2v) is 8.39. The molecule has 1 saturated heterocycles. The largest absolute Gasteiger partial charge is 0.492 e. The fraction of sp³-hybridized carbons (Fsp3) is 0.333. The van der Waals surface area contributed by atoms with Gasteiger partial charge in [-0.15, -0.1) is 0 Å². The smallest absolute Gasteiger partial charge is 0.255 e. The van der Waals surface area contributed by atoms with Crippen molar-refractivity contribution in [1.29, 1.82) is 0 Å². The lowest BCUT2D eigenvalue weighted by Gasteiger charge is -2.38. The van der Waals surface area contributed by atoms with E-state index in [1.807, 2.05) is 13.0 Å². The first-order valence-electron chi connectivity index (χ1n) is 10.8. The molecule has 8 nitrogen and oxygen atoms in total. The van der Waals surface area contributed by atoms with Crippen molar-refractivity contribution in [3.05, 3.63) is 53.7 Å². The molecule has 3 N–H and O–H groups in total. The molecule has 4 heterocycles. The summed E-state index contributed by atoms with van der Waals surface area (Å²) in [6.07, 6.45) is 4.87. The van der Waals surface area contributed by atoms with Crippen LogP contribution >= 0.6 is 0 Å². The third kappa shape index (κ3) is 3.89. The maximum atomic E-state index is 14.3. The van der Waals surface area contributed by atoms with Crippen LogP contribution in [-0.4, -0.2) is 48.3 Å². The minimum atomic E-state index is -0.500. The molecule has 2 aliphatic rings. The van der Waals surface area contributed by atoms with E-state index in [-0.39, 0.29) is 17.3 Å². The SMILES string of the molecule is COc1c(F)cccc1Nc1c(-c2ccncc2OCC2(C)CCO2)[nH]c2c1C(=O)NCC2. The van der Waals surface area contributed by atoms with E-state index < -0.39 is 5.82 Å². The van der Waals surface area contributed by atoms with E-state index in [0.717, 1.165) is 24.3 Å². The van der Waals surface area contributed by atoms with Gasteiger partial charge in [0.15, 0.2) is 11.6 Å². The first kappa shape index (κ1) is 21.3. The monoisotopic (exact) mass is 452 g/mol. The Kier molecular flexibility index (Phi) is 5.41. The Morgan fingerprint density at radius 3 is 2.94 bits per heavy atom. The Labute approximate surface area is 190 Å². The van der Waals surface area contributed by atoms with Crippen LogP contribution in [0.3, 0.4) is 0 Å². The molecule has 1 amide bonds. The second-order valence-electron chi connectivity index (χ2n) is 8.39. The number of carbonyl (C=O) groups excluding carboxylic acids is 1. The maximum Gasteiger partial charge on any atom is 0.255 e. The number of fused-ring (bicyclic) bond motifs is 1. The van der Waals surface area contributed by atoms with Gasteiger partial charge in [0, 0.05) is 36.8 Å². The lowest BCUT2D eigenvalue weighted by atomic mass is 9.99. The topological polar surface area (TPSA) is 97.5 Å². The van der Waals surface area contributed by atoms with E-state index in [1.54, 1.807) is 24.5 Å². The Bertz CT molecular complexity index is 1210. The van der Waals surface area contributed by atoms with Gasteiger partial charge in [0.25, 0.3) is 5.91 Å². The number of anilines is 2. The zero-order valence-electron chi connectivity index (χ0n) is 18.5. The zero-order valence-corrected chi connectivity index (χ0v) is 18.5. The van der Waals surface area contributed by atoms with E-state index in [0.29, 0.717) is 48.0 Å². The van der Waals surface area contributed by atoms with Crippen LogP contribution in [0.2, 0.25) is 0 Å². The first-order valence-corrected chi connectivity index (χ1v) is 10.8. The van der Waals surface area contributed by atoms with Crippen LogP contribution < -0.4 is 20.1 Å². The molecular weight excluding hydrogens is 427 g/mol. The molecule has 0 aliphatic carbocycles. The van der Waals surface area contributed by atoms with Gasteiger partial charge in [0.2, 0.25) is 0 Å². The van der Waals surface area contributed by atoms with Crippen LogP contribution in [0.15, 0.2) is 36.7 Å². The summed E-state index contributed by atoms with van der Waals surface area (Å²) in [5.41, 5.74) is 3.27.